The summed E-state index contributed by atoms with van der Waals surface area (Å²) < 4.78 is 0. The molecule has 1 aliphatic carbocycles. The van der Waals surface area contributed by atoms with E-state index in [-0.39, 0.29) is 0 Å². The monoisotopic (exact) mass is 180 g/mol. The minimum atomic E-state index is 0.320. The van der Waals surface area contributed by atoms with E-state index in [0.717, 1.165) is 12.8 Å². The molecule has 0 aliphatic heterocycles. The van der Waals surface area contributed by atoms with Crippen molar-refractivity contribution >= 4 is 5.78 Å². The summed E-state index contributed by atoms with van der Waals surface area (Å²) in [6.45, 7) is 8.85. The van der Waals surface area contributed by atoms with Crippen LogP contribution >= 0.6 is 0 Å². The SMILES string of the molecule is CC(C)C1=CC(=O)CC[C@@H]1C(C)C. The van der Waals surface area contributed by atoms with Gasteiger partial charge in [-0.15, -0.1) is 0 Å². The van der Waals surface area contributed by atoms with E-state index in [1.54, 1.807) is 0 Å². The molecule has 13 heavy (non-hydrogen) atoms. The van der Waals surface area contributed by atoms with Gasteiger partial charge in [-0.3, -0.25) is 4.79 Å². The Morgan fingerprint density at radius 3 is 2.38 bits per heavy atom. The quantitative estimate of drug-likeness (QED) is 0.637. The van der Waals surface area contributed by atoms with Crippen molar-refractivity contribution in [1.82, 2.24) is 0 Å². The van der Waals surface area contributed by atoms with Gasteiger partial charge in [0, 0.05) is 6.42 Å². The molecule has 1 aliphatic rings. The first-order chi connectivity index (χ1) is 6.02. The van der Waals surface area contributed by atoms with Gasteiger partial charge in [-0.25, -0.2) is 0 Å². The number of hydrogen-bond donors (Lipinski definition) is 0. The molecule has 0 saturated carbocycles. The van der Waals surface area contributed by atoms with Crippen molar-refractivity contribution in [2.24, 2.45) is 17.8 Å². The molecule has 0 N–H and O–H groups in total. The first kappa shape index (κ1) is 10.5. The molecule has 0 aromatic carbocycles. The van der Waals surface area contributed by atoms with E-state index in [0.29, 0.717) is 23.5 Å². The zero-order valence-electron chi connectivity index (χ0n) is 9.13. The van der Waals surface area contributed by atoms with Crippen LogP contribution in [0.1, 0.15) is 40.5 Å². The molecule has 1 heteroatoms. The number of hydrogen-bond acceptors (Lipinski definition) is 1. The first-order valence-electron chi connectivity index (χ1n) is 5.26. The topological polar surface area (TPSA) is 17.1 Å². The first-order valence-corrected chi connectivity index (χ1v) is 5.26. The summed E-state index contributed by atoms with van der Waals surface area (Å²) in [5, 5.41) is 0. The molecule has 0 heterocycles. The highest BCUT2D eigenvalue weighted by molar-refractivity contribution is 5.91. The zero-order valence-corrected chi connectivity index (χ0v) is 9.13. The Labute approximate surface area is 81.2 Å². The van der Waals surface area contributed by atoms with E-state index in [1.165, 1.54) is 5.57 Å². The van der Waals surface area contributed by atoms with Gasteiger partial charge in [0.25, 0.3) is 0 Å². The van der Waals surface area contributed by atoms with Crippen LogP contribution in [0, 0.1) is 17.8 Å². The van der Waals surface area contributed by atoms with Crippen molar-refractivity contribution in [3.63, 3.8) is 0 Å². The van der Waals surface area contributed by atoms with Crippen LogP contribution in [0.5, 0.6) is 0 Å². The fourth-order valence-electron chi connectivity index (χ4n) is 2.14. The maximum Gasteiger partial charge on any atom is 0.155 e. The largest absolute Gasteiger partial charge is 0.295 e. The van der Waals surface area contributed by atoms with Gasteiger partial charge in [-0.05, 0) is 30.3 Å². The number of ketones is 1. The van der Waals surface area contributed by atoms with Crippen LogP contribution in [0.4, 0.5) is 0 Å². The van der Waals surface area contributed by atoms with E-state index < -0.39 is 0 Å². The van der Waals surface area contributed by atoms with Crippen LogP contribution < -0.4 is 0 Å². The summed E-state index contributed by atoms with van der Waals surface area (Å²) in [7, 11) is 0. The fourth-order valence-corrected chi connectivity index (χ4v) is 2.14. The standard InChI is InChI=1S/C12H20O/c1-8(2)11-6-5-10(13)7-12(11)9(3)4/h7-9,11H,5-6H2,1-4H3/t11-/m1/s1. The van der Waals surface area contributed by atoms with Crippen molar-refractivity contribution in [2.45, 2.75) is 40.5 Å². The highest BCUT2D eigenvalue weighted by Gasteiger charge is 2.25. The maximum absolute atomic E-state index is 11.3. The average molecular weight is 180 g/mol. The summed E-state index contributed by atoms with van der Waals surface area (Å²) in [5.41, 5.74) is 1.37. The van der Waals surface area contributed by atoms with Crippen LogP contribution in [0.2, 0.25) is 0 Å². The Morgan fingerprint density at radius 1 is 1.31 bits per heavy atom. The van der Waals surface area contributed by atoms with Gasteiger partial charge in [0.05, 0.1) is 0 Å². The third kappa shape index (κ3) is 2.43. The van der Waals surface area contributed by atoms with Crippen LogP contribution in [0.15, 0.2) is 11.6 Å². The summed E-state index contributed by atoms with van der Waals surface area (Å²) in [6, 6.07) is 0. The maximum atomic E-state index is 11.3. The van der Waals surface area contributed by atoms with Crippen molar-refractivity contribution in [1.29, 1.82) is 0 Å². The highest BCUT2D eigenvalue weighted by atomic mass is 16.1. The van der Waals surface area contributed by atoms with Gasteiger partial charge in [-0.2, -0.15) is 0 Å². The summed E-state index contributed by atoms with van der Waals surface area (Å²) in [5.74, 6) is 2.15. The predicted molar refractivity (Wildman–Crippen MR) is 55.5 cm³/mol. The molecule has 0 unspecified atom stereocenters. The zero-order chi connectivity index (χ0) is 10.0. The van der Waals surface area contributed by atoms with Crippen molar-refractivity contribution in [2.75, 3.05) is 0 Å². The third-order valence-corrected chi connectivity index (χ3v) is 2.93. The summed E-state index contributed by atoms with van der Waals surface area (Å²) in [6.07, 6.45) is 3.69. The molecule has 1 atom stereocenters. The van der Waals surface area contributed by atoms with E-state index in [1.807, 2.05) is 6.08 Å². The molecule has 1 nitrogen and oxygen atoms in total. The number of allylic oxidation sites excluding steroid dienone is 2. The van der Waals surface area contributed by atoms with Crippen LogP contribution in [0.3, 0.4) is 0 Å². The van der Waals surface area contributed by atoms with Crippen LogP contribution in [-0.4, -0.2) is 5.78 Å². The van der Waals surface area contributed by atoms with Gasteiger partial charge in [-0.1, -0.05) is 33.3 Å². The Bertz CT molecular complexity index is 223. The second kappa shape index (κ2) is 4.08. The molecule has 0 aromatic rings. The molecule has 0 amide bonds. The van der Waals surface area contributed by atoms with E-state index in [4.69, 9.17) is 0 Å². The number of carbonyl (C=O) groups excluding carboxylic acids is 1. The van der Waals surface area contributed by atoms with Crippen molar-refractivity contribution < 1.29 is 4.79 Å². The Balaban J connectivity index is 2.86. The van der Waals surface area contributed by atoms with Gasteiger partial charge < -0.3 is 0 Å². The van der Waals surface area contributed by atoms with Gasteiger partial charge >= 0.3 is 0 Å². The minimum absolute atomic E-state index is 0.320. The number of rotatable bonds is 2. The molecule has 0 spiro atoms. The fraction of sp³-hybridized carbons (Fsp3) is 0.750. The van der Waals surface area contributed by atoms with E-state index in [2.05, 4.69) is 27.7 Å². The third-order valence-electron chi connectivity index (χ3n) is 2.93. The molecule has 0 aromatic heterocycles. The molecule has 0 fully saturated rings. The van der Waals surface area contributed by atoms with Crippen molar-refractivity contribution in [3.8, 4) is 0 Å². The molecule has 0 radical (unpaired) electrons. The van der Waals surface area contributed by atoms with Crippen LogP contribution in [0.25, 0.3) is 0 Å². The van der Waals surface area contributed by atoms with E-state index >= 15 is 0 Å². The second-order valence-corrected chi connectivity index (χ2v) is 4.65. The Morgan fingerprint density at radius 2 is 1.92 bits per heavy atom. The second-order valence-electron chi connectivity index (χ2n) is 4.65. The lowest BCUT2D eigenvalue weighted by Crippen LogP contribution is -2.21. The molecule has 0 saturated heterocycles. The minimum Gasteiger partial charge on any atom is -0.295 e. The van der Waals surface area contributed by atoms with E-state index in [9.17, 15) is 4.79 Å². The lowest BCUT2D eigenvalue weighted by atomic mass is 9.76. The Hall–Kier alpha value is -0.590. The van der Waals surface area contributed by atoms with Gasteiger partial charge in [0.1, 0.15) is 0 Å². The predicted octanol–water partition coefficient (Wildman–Crippen LogP) is 3.20. The molecular weight excluding hydrogens is 160 g/mol. The Kier molecular flexibility index (Phi) is 3.29. The molecule has 0 bridgehead atoms. The number of carbonyl (C=O) groups is 1. The lowest BCUT2D eigenvalue weighted by Gasteiger charge is -2.29. The van der Waals surface area contributed by atoms with Gasteiger partial charge in [0.2, 0.25) is 0 Å². The summed E-state index contributed by atoms with van der Waals surface area (Å²) in [4.78, 5) is 11.3. The average Bonchev–Trinajstić information content (AvgIpc) is 2.03. The van der Waals surface area contributed by atoms with Gasteiger partial charge in [0.15, 0.2) is 5.78 Å². The normalized spacial score (nSPS) is 24.0. The molecular formula is C12H20O. The highest BCUT2D eigenvalue weighted by Crippen LogP contribution is 2.33. The van der Waals surface area contributed by atoms with Crippen LogP contribution in [-0.2, 0) is 4.79 Å². The summed E-state index contributed by atoms with van der Waals surface area (Å²) >= 11 is 0. The lowest BCUT2D eigenvalue weighted by molar-refractivity contribution is -0.115. The molecule has 74 valence electrons. The molecule has 1 rings (SSSR count). The van der Waals surface area contributed by atoms with Crippen molar-refractivity contribution in [3.05, 3.63) is 11.6 Å². The smallest absolute Gasteiger partial charge is 0.155 e.